The van der Waals surface area contributed by atoms with Gasteiger partial charge in [-0.2, -0.15) is 0 Å². The first-order valence-electron chi connectivity index (χ1n) is 14.9. The van der Waals surface area contributed by atoms with E-state index in [1.807, 2.05) is 30.3 Å². The van der Waals surface area contributed by atoms with Crippen molar-refractivity contribution in [2.75, 3.05) is 64.7 Å². The van der Waals surface area contributed by atoms with Crippen LogP contribution in [-0.4, -0.2) is 77.0 Å². The minimum Gasteiger partial charge on any atom is -0.454 e. The normalized spacial score (nSPS) is 23.7. The monoisotopic (exact) mass is 535 g/mol. The highest BCUT2D eigenvalue weighted by molar-refractivity contribution is 5.75. The van der Waals surface area contributed by atoms with Gasteiger partial charge in [0.25, 0.3) is 0 Å². The third-order valence-corrected chi connectivity index (χ3v) is 8.97. The third kappa shape index (κ3) is 7.53. The number of para-hydroxylation sites is 1. The lowest BCUT2D eigenvalue weighted by Gasteiger charge is -2.34. The molecule has 0 atom stereocenters. The maximum atomic E-state index is 10.5. The molecule has 0 amide bonds. The molecular weight excluding hydrogens is 490 g/mol. The van der Waals surface area contributed by atoms with Crippen molar-refractivity contribution >= 4 is 12.0 Å². The van der Waals surface area contributed by atoms with Gasteiger partial charge in [-0.3, -0.25) is 4.79 Å². The highest BCUT2D eigenvalue weighted by Gasteiger charge is 2.27. The van der Waals surface area contributed by atoms with E-state index in [2.05, 4.69) is 34.3 Å². The van der Waals surface area contributed by atoms with Gasteiger partial charge in [-0.1, -0.05) is 12.1 Å². The van der Waals surface area contributed by atoms with Gasteiger partial charge in [-0.25, -0.2) is 0 Å². The number of likely N-dealkylation sites (tertiary alicyclic amines) is 1. The van der Waals surface area contributed by atoms with Crippen LogP contribution >= 0.6 is 0 Å². The first kappa shape index (κ1) is 27.9. The van der Waals surface area contributed by atoms with Crippen molar-refractivity contribution in [2.45, 2.75) is 56.9 Å². The van der Waals surface area contributed by atoms with Crippen LogP contribution in [0.5, 0.6) is 11.5 Å². The van der Waals surface area contributed by atoms with E-state index in [9.17, 15) is 4.79 Å². The second kappa shape index (κ2) is 14.1. The van der Waals surface area contributed by atoms with Crippen LogP contribution in [0.3, 0.4) is 0 Å². The van der Waals surface area contributed by atoms with Crippen LogP contribution in [0.25, 0.3) is 0 Å². The van der Waals surface area contributed by atoms with E-state index < -0.39 is 0 Å². The molecule has 3 fully saturated rings. The van der Waals surface area contributed by atoms with Crippen LogP contribution in [0.15, 0.2) is 42.5 Å². The second-order valence-corrected chi connectivity index (χ2v) is 11.3. The summed E-state index contributed by atoms with van der Waals surface area (Å²) in [5.41, 5.74) is 3.25. The molecule has 2 saturated heterocycles. The fourth-order valence-corrected chi connectivity index (χ4v) is 6.43. The molecule has 0 radical (unpaired) electrons. The maximum absolute atomic E-state index is 10.5. The van der Waals surface area contributed by atoms with Gasteiger partial charge in [0.2, 0.25) is 6.79 Å². The Morgan fingerprint density at radius 2 is 1.64 bits per heavy atom. The summed E-state index contributed by atoms with van der Waals surface area (Å²) in [6.45, 7) is 7.54. The molecule has 212 valence electrons. The van der Waals surface area contributed by atoms with E-state index in [0.29, 0.717) is 12.7 Å². The summed E-state index contributed by atoms with van der Waals surface area (Å²) < 4.78 is 16.5. The van der Waals surface area contributed by atoms with E-state index in [-0.39, 0.29) is 0 Å². The highest BCUT2D eigenvalue weighted by atomic mass is 16.7. The molecule has 1 saturated carbocycles. The predicted octanol–water partition coefficient (Wildman–Crippen LogP) is 5.10. The Kier molecular flexibility index (Phi) is 10.1. The number of hydrogen-bond acceptors (Lipinski definition) is 7. The Hall–Kier alpha value is -2.61. The smallest absolute Gasteiger partial charge is 0.231 e. The summed E-state index contributed by atoms with van der Waals surface area (Å²) in [6, 6.07) is 14.8. The summed E-state index contributed by atoms with van der Waals surface area (Å²) >= 11 is 0. The number of carbonyl (C=O) groups excluding carboxylic acids is 1. The number of nitrogens with zero attached hydrogens (tertiary/aromatic N) is 2. The summed E-state index contributed by atoms with van der Waals surface area (Å²) in [7, 11) is 2.11. The van der Waals surface area contributed by atoms with Crippen molar-refractivity contribution in [2.24, 2.45) is 5.92 Å². The van der Waals surface area contributed by atoms with Crippen LogP contribution < -0.4 is 19.7 Å². The van der Waals surface area contributed by atoms with E-state index in [1.165, 1.54) is 75.8 Å². The van der Waals surface area contributed by atoms with E-state index in [0.717, 1.165) is 61.6 Å². The molecule has 4 aliphatic rings. The number of benzene rings is 2. The molecule has 7 heteroatoms. The average Bonchev–Trinajstić information content (AvgIpc) is 3.51. The van der Waals surface area contributed by atoms with E-state index in [4.69, 9.17) is 14.2 Å². The van der Waals surface area contributed by atoms with Crippen LogP contribution in [0.4, 0.5) is 5.69 Å². The number of carbonyl (C=O) groups is 1. The molecule has 1 aliphatic carbocycles. The number of nitrogens with one attached hydrogen (secondary N) is 1. The lowest BCUT2D eigenvalue weighted by atomic mass is 9.83. The van der Waals surface area contributed by atoms with Gasteiger partial charge in [0.05, 0.1) is 13.2 Å². The zero-order chi connectivity index (χ0) is 26.9. The maximum Gasteiger partial charge on any atom is 0.231 e. The number of rotatable bonds is 7. The van der Waals surface area contributed by atoms with Crippen molar-refractivity contribution in [3.8, 4) is 11.5 Å². The number of ether oxygens (including phenoxy) is 3. The fraction of sp³-hybridized carbons (Fsp3) is 0.594. The largest absolute Gasteiger partial charge is 0.454 e. The van der Waals surface area contributed by atoms with Crippen LogP contribution in [0.1, 0.15) is 66.8 Å². The zero-order valence-electron chi connectivity index (χ0n) is 23.5. The van der Waals surface area contributed by atoms with Gasteiger partial charge in [0.15, 0.2) is 11.5 Å². The average molecular weight is 536 g/mol. The standard InChI is InChI=1S/C21H32N2O2.C11H13NO2/c1-22-18-7-5-16(6-8-18)9-12-23-13-10-17(11-14-23)19-3-2-4-20-21(19)25-15-24-20;13-9-10-1-3-11(4-2-10)12-5-7-14-8-6-12/h2-4,16-18,22H,5-15H2,1H3;1-4,9H,5-8H2. The van der Waals surface area contributed by atoms with Crippen LogP contribution in [-0.2, 0) is 4.74 Å². The molecule has 0 unspecified atom stereocenters. The predicted molar refractivity (Wildman–Crippen MR) is 155 cm³/mol. The highest BCUT2D eigenvalue weighted by Crippen LogP contribution is 2.42. The summed E-state index contributed by atoms with van der Waals surface area (Å²) in [6.07, 6.45) is 10.3. The number of aldehydes is 1. The Bertz CT molecular complexity index is 1020. The third-order valence-electron chi connectivity index (χ3n) is 8.97. The molecule has 0 aromatic heterocycles. The summed E-state index contributed by atoms with van der Waals surface area (Å²) in [5, 5.41) is 3.44. The minimum atomic E-state index is 0.376. The quantitative estimate of drug-likeness (QED) is 0.495. The zero-order valence-corrected chi connectivity index (χ0v) is 23.5. The number of fused-ring (bicyclic) bond motifs is 1. The number of morpholine rings is 1. The van der Waals surface area contributed by atoms with Crippen LogP contribution in [0.2, 0.25) is 0 Å². The molecule has 0 bridgehead atoms. The molecule has 3 aliphatic heterocycles. The van der Waals surface area contributed by atoms with Gasteiger partial charge in [-0.05, 0) is 114 Å². The Balaban J connectivity index is 0.000000186. The van der Waals surface area contributed by atoms with Gasteiger partial charge in [-0.15, -0.1) is 0 Å². The van der Waals surface area contributed by atoms with Crippen LogP contribution in [0, 0.1) is 5.92 Å². The Morgan fingerprint density at radius 1 is 0.897 bits per heavy atom. The molecule has 1 N–H and O–H groups in total. The van der Waals surface area contributed by atoms with E-state index >= 15 is 0 Å². The van der Waals surface area contributed by atoms with Gasteiger partial charge < -0.3 is 29.3 Å². The molecule has 2 aromatic rings. The molecule has 39 heavy (non-hydrogen) atoms. The molecular formula is C32H45N3O4. The summed E-state index contributed by atoms with van der Waals surface area (Å²) in [5.74, 6) is 3.50. The number of anilines is 1. The molecule has 7 nitrogen and oxygen atoms in total. The lowest BCUT2D eigenvalue weighted by Crippen LogP contribution is -2.36. The second-order valence-electron chi connectivity index (χ2n) is 11.3. The minimum absolute atomic E-state index is 0.376. The van der Waals surface area contributed by atoms with Crippen molar-refractivity contribution in [3.05, 3.63) is 53.6 Å². The van der Waals surface area contributed by atoms with Gasteiger partial charge in [0.1, 0.15) is 6.29 Å². The van der Waals surface area contributed by atoms with Crippen molar-refractivity contribution < 1.29 is 19.0 Å². The van der Waals surface area contributed by atoms with Crippen molar-refractivity contribution in [3.63, 3.8) is 0 Å². The van der Waals surface area contributed by atoms with Crippen molar-refractivity contribution in [1.82, 2.24) is 10.2 Å². The van der Waals surface area contributed by atoms with E-state index in [1.54, 1.807) is 0 Å². The van der Waals surface area contributed by atoms with Gasteiger partial charge >= 0.3 is 0 Å². The van der Waals surface area contributed by atoms with Crippen molar-refractivity contribution in [1.29, 1.82) is 0 Å². The molecule has 3 heterocycles. The topological polar surface area (TPSA) is 63.3 Å². The Morgan fingerprint density at radius 3 is 2.33 bits per heavy atom. The summed E-state index contributed by atoms with van der Waals surface area (Å²) in [4.78, 5) is 15.4. The lowest BCUT2D eigenvalue weighted by molar-refractivity contribution is 0.112. The first-order chi connectivity index (χ1) is 19.2. The van der Waals surface area contributed by atoms with Gasteiger partial charge in [0, 0.05) is 35.9 Å². The fourth-order valence-electron chi connectivity index (χ4n) is 6.43. The molecule has 0 spiro atoms. The number of hydrogen-bond donors (Lipinski definition) is 1. The Labute approximate surface area is 233 Å². The molecule has 6 rings (SSSR count). The SMILES string of the molecule is CNC1CCC(CCN2CCC(c3cccc4c3OCO4)CC2)CC1.O=Cc1ccc(N2CCOCC2)cc1. The first-order valence-corrected chi connectivity index (χ1v) is 14.9. The molecule has 2 aromatic carbocycles. The number of piperidine rings is 1.